The van der Waals surface area contributed by atoms with E-state index in [9.17, 15) is 4.79 Å². The number of aromatic nitrogens is 4. The zero-order valence-corrected chi connectivity index (χ0v) is 19.2. The minimum absolute atomic E-state index is 0.00471. The first-order valence-electron chi connectivity index (χ1n) is 11.6. The van der Waals surface area contributed by atoms with Crippen LogP contribution in [0.2, 0.25) is 0 Å². The molecular formula is C25H27BN6O2. The Kier molecular flexibility index (Phi) is 6.42. The first-order chi connectivity index (χ1) is 16.7. The number of likely N-dealkylation sites (tertiary alicyclic amines) is 1. The molecule has 34 heavy (non-hydrogen) atoms. The summed E-state index contributed by atoms with van der Waals surface area (Å²) in [6.07, 6.45) is 7.37. The highest BCUT2D eigenvalue weighted by Gasteiger charge is 2.27. The van der Waals surface area contributed by atoms with Gasteiger partial charge in [0.2, 0.25) is 0 Å². The van der Waals surface area contributed by atoms with E-state index < -0.39 is 0 Å². The normalized spacial score (nSPS) is 15.9. The number of benzene rings is 1. The van der Waals surface area contributed by atoms with E-state index in [1.54, 1.807) is 6.20 Å². The summed E-state index contributed by atoms with van der Waals surface area (Å²) in [7, 11) is 2.02. The summed E-state index contributed by atoms with van der Waals surface area (Å²) in [5, 5.41) is 8.00. The van der Waals surface area contributed by atoms with Crippen molar-refractivity contribution < 1.29 is 9.53 Å². The molecule has 8 nitrogen and oxygen atoms in total. The molecule has 3 aromatic heterocycles. The zero-order chi connectivity index (χ0) is 23.3. The number of carbonyl (C=O) groups is 1. The molecule has 1 aromatic carbocycles. The third-order valence-electron chi connectivity index (χ3n) is 6.16. The van der Waals surface area contributed by atoms with Gasteiger partial charge in [-0.3, -0.25) is 9.78 Å². The summed E-state index contributed by atoms with van der Waals surface area (Å²) < 4.78 is 7.53. The smallest absolute Gasteiger partial charge is 0.260 e. The molecule has 0 aliphatic carbocycles. The molecule has 0 bridgehead atoms. The Morgan fingerprint density at radius 1 is 1.18 bits per heavy atom. The molecule has 172 valence electrons. The number of hydrogen-bond donors (Lipinski definition) is 1. The van der Waals surface area contributed by atoms with Crippen LogP contribution in [0, 0.1) is 0 Å². The van der Waals surface area contributed by atoms with E-state index in [0.29, 0.717) is 18.8 Å². The minimum Gasteiger partial charge on any atom is -0.484 e. The van der Waals surface area contributed by atoms with Crippen LogP contribution < -0.4 is 15.5 Å². The first-order valence-corrected chi connectivity index (χ1v) is 11.6. The van der Waals surface area contributed by atoms with E-state index in [0.717, 1.165) is 47.6 Å². The third-order valence-corrected chi connectivity index (χ3v) is 6.16. The highest BCUT2D eigenvalue weighted by atomic mass is 16.5. The Morgan fingerprint density at radius 3 is 2.88 bits per heavy atom. The van der Waals surface area contributed by atoms with Crippen LogP contribution in [-0.2, 0) is 11.3 Å². The Bertz CT molecular complexity index is 1260. The summed E-state index contributed by atoms with van der Waals surface area (Å²) in [4.78, 5) is 23.9. The number of amides is 1. The fourth-order valence-corrected chi connectivity index (χ4v) is 4.32. The summed E-state index contributed by atoms with van der Waals surface area (Å²) in [5.41, 5.74) is 3.92. The summed E-state index contributed by atoms with van der Waals surface area (Å²) in [6, 6.07) is 15.5. The number of pyridine rings is 1. The number of para-hydroxylation sites is 1. The van der Waals surface area contributed by atoms with E-state index in [2.05, 4.69) is 21.5 Å². The lowest BCUT2D eigenvalue weighted by atomic mass is 9.94. The molecule has 4 aromatic rings. The standard InChI is InChI=1S/C25H27BN6O2/c26-21-15-29-32-23(28-14-18-6-4-10-27-13-18)12-22(30-25(21)32)19-7-5-11-31(16-19)24(33)17-34-20-8-2-1-3-9-20/h1-4,6,8-10,12-13,15,19,28H,5,7,11,14,16-17,26H2. The quantitative estimate of drug-likeness (QED) is 0.429. The van der Waals surface area contributed by atoms with Crippen LogP contribution in [0.4, 0.5) is 5.82 Å². The molecule has 1 unspecified atom stereocenters. The van der Waals surface area contributed by atoms with Gasteiger partial charge < -0.3 is 15.0 Å². The van der Waals surface area contributed by atoms with Gasteiger partial charge in [0.05, 0.1) is 5.69 Å². The van der Waals surface area contributed by atoms with E-state index in [1.807, 2.05) is 72.1 Å². The fourth-order valence-electron chi connectivity index (χ4n) is 4.32. The average Bonchev–Trinajstić information content (AvgIpc) is 3.28. The maximum Gasteiger partial charge on any atom is 0.260 e. The molecule has 9 heteroatoms. The number of fused-ring (bicyclic) bond motifs is 1. The van der Waals surface area contributed by atoms with E-state index in [4.69, 9.17) is 9.72 Å². The van der Waals surface area contributed by atoms with Crippen LogP contribution >= 0.6 is 0 Å². The number of hydrogen-bond acceptors (Lipinski definition) is 6. The van der Waals surface area contributed by atoms with Crippen molar-refractivity contribution in [1.29, 1.82) is 0 Å². The first kappa shape index (κ1) is 21.9. The summed E-state index contributed by atoms with van der Waals surface area (Å²) in [6.45, 7) is 2.06. The minimum atomic E-state index is 0.00471. The van der Waals surface area contributed by atoms with Gasteiger partial charge in [0.1, 0.15) is 19.4 Å². The lowest BCUT2D eigenvalue weighted by Crippen LogP contribution is -2.41. The topological polar surface area (TPSA) is 84.7 Å². The molecule has 4 heterocycles. The molecule has 1 N–H and O–H groups in total. The maximum atomic E-state index is 12.8. The van der Waals surface area contributed by atoms with Gasteiger partial charge in [-0.2, -0.15) is 9.61 Å². The van der Waals surface area contributed by atoms with Crippen LogP contribution in [0.25, 0.3) is 5.65 Å². The predicted molar refractivity (Wildman–Crippen MR) is 133 cm³/mol. The second-order valence-corrected chi connectivity index (χ2v) is 8.62. The highest BCUT2D eigenvalue weighted by Crippen LogP contribution is 2.28. The second-order valence-electron chi connectivity index (χ2n) is 8.62. The highest BCUT2D eigenvalue weighted by molar-refractivity contribution is 6.36. The van der Waals surface area contributed by atoms with Gasteiger partial charge in [-0.05, 0) is 42.1 Å². The Morgan fingerprint density at radius 2 is 2.06 bits per heavy atom. The Hall–Kier alpha value is -3.88. The average molecular weight is 454 g/mol. The maximum absolute atomic E-state index is 12.8. The summed E-state index contributed by atoms with van der Waals surface area (Å²) in [5.74, 6) is 1.75. The molecule has 5 rings (SSSR count). The Balaban J connectivity index is 1.32. The van der Waals surface area contributed by atoms with Crippen molar-refractivity contribution >= 4 is 30.7 Å². The lowest BCUT2D eigenvalue weighted by molar-refractivity contribution is -0.134. The van der Waals surface area contributed by atoms with Crippen molar-refractivity contribution in [2.24, 2.45) is 0 Å². The van der Waals surface area contributed by atoms with Crippen LogP contribution in [0.1, 0.15) is 30.0 Å². The number of piperidine rings is 1. The van der Waals surface area contributed by atoms with Crippen LogP contribution in [0.5, 0.6) is 5.75 Å². The SMILES string of the molecule is Bc1cnn2c(NCc3cccnc3)cc(C3CCCN(C(=O)COc4ccccc4)C3)nc12. The van der Waals surface area contributed by atoms with Gasteiger partial charge in [0.25, 0.3) is 5.91 Å². The van der Waals surface area contributed by atoms with Crippen molar-refractivity contribution in [1.82, 2.24) is 24.5 Å². The van der Waals surface area contributed by atoms with Crippen LogP contribution in [-0.4, -0.2) is 57.9 Å². The van der Waals surface area contributed by atoms with Gasteiger partial charge in [-0.25, -0.2) is 4.98 Å². The lowest BCUT2D eigenvalue weighted by Gasteiger charge is -2.32. The van der Waals surface area contributed by atoms with Gasteiger partial charge in [-0.1, -0.05) is 24.3 Å². The van der Waals surface area contributed by atoms with Gasteiger partial charge in [-0.15, -0.1) is 0 Å². The molecule has 1 saturated heterocycles. The zero-order valence-electron chi connectivity index (χ0n) is 19.2. The van der Waals surface area contributed by atoms with Gasteiger partial charge >= 0.3 is 0 Å². The van der Waals surface area contributed by atoms with Gasteiger partial charge in [0.15, 0.2) is 12.3 Å². The van der Waals surface area contributed by atoms with E-state index in [1.165, 1.54) is 0 Å². The third kappa shape index (κ3) is 4.88. The molecule has 0 saturated carbocycles. The molecule has 1 fully saturated rings. The second kappa shape index (κ2) is 9.95. The van der Waals surface area contributed by atoms with Gasteiger partial charge in [0, 0.05) is 50.2 Å². The summed E-state index contributed by atoms with van der Waals surface area (Å²) >= 11 is 0. The molecule has 0 spiro atoms. The van der Waals surface area contributed by atoms with Crippen molar-refractivity contribution in [3.63, 3.8) is 0 Å². The number of carbonyl (C=O) groups excluding carboxylic acids is 1. The molecule has 1 amide bonds. The molecule has 1 atom stereocenters. The molecule has 0 radical (unpaired) electrons. The van der Waals surface area contributed by atoms with Crippen molar-refractivity contribution in [2.45, 2.75) is 25.3 Å². The number of nitrogens with one attached hydrogen (secondary N) is 1. The number of anilines is 1. The largest absolute Gasteiger partial charge is 0.484 e. The van der Waals surface area contributed by atoms with Crippen molar-refractivity contribution in [3.05, 3.63) is 78.4 Å². The number of ether oxygens (including phenoxy) is 1. The number of rotatable bonds is 7. The molecule has 1 aliphatic heterocycles. The van der Waals surface area contributed by atoms with Crippen LogP contribution in [0.15, 0.2) is 67.1 Å². The van der Waals surface area contributed by atoms with Crippen molar-refractivity contribution in [2.75, 3.05) is 25.0 Å². The molecular weight excluding hydrogens is 427 g/mol. The Labute approximate surface area is 199 Å². The predicted octanol–water partition coefficient (Wildman–Crippen LogP) is 1.78. The molecule has 1 aliphatic rings. The fraction of sp³-hybridized carbons (Fsp3) is 0.280. The number of nitrogens with zero attached hydrogens (tertiary/aromatic N) is 5. The van der Waals surface area contributed by atoms with Crippen LogP contribution in [0.3, 0.4) is 0 Å². The van der Waals surface area contributed by atoms with Crippen molar-refractivity contribution in [3.8, 4) is 5.75 Å². The van der Waals surface area contributed by atoms with E-state index >= 15 is 0 Å². The monoisotopic (exact) mass is 454 g/mol. The van der Waals surface area contributed by atoms with E-state index in [-0.39, 0.29) is 18.4 Å².